The lowest BCUT2D eigenvalue weighted by atomic mass is 10.2. The molecule has 0 aliphatic rings. The zero-order chi connectivity index (χ0) is 16.4. The third-order valence-corrected chi connectivity index (χ3v) is 5.09. The summed E-state index contributed by atoms with van der Waals surface area (Å²) in [6.45, 7) is 1.71. The van der Waals surface area contributed by atoms with E-state index >= 15 is 0 Å². The van der Waals surface area contributed by atoms with Gasteiger partial charge in [-0.2, -0.15) is 0 Å². The van der Waals surface area contributed by atoms with Crippen LogP contribution in [-0.4, -0.2) is 14.5 Å². The van der Waals surface area contributed by atoms with Crippen molar-refractivity contribution in [1.29, 1.82) is 0 Å². The summed E-state index contributed by atoms with van der Waals surface area (Å²) in [6, 6.07) is 14.3. The molecule has 4 nitrogen and oxygen atoms in total. The minimum atomic E-state index is -3.91. The van der Waals surface area contributed by atoms with E-state index in [2.05, 4.69) is 4.72 Å². The number of hydrogen-bond donors (Lipinski definition) is 1. The average molecular weight is 333 g/mol. The van der Waals surface area contributed by atoms with Crippen LogP contribution >= 0.6 is 0 Å². The Labute approximate surface area is 134 Å². The first-order valence-electron chi connectivity index (χ1n) is 7.20. The fourth-order valence-corrected chi connectivity index (χ4v) is 3.79. The van der Waals surface area contributed by atoms with Crippen LogP contribution in [0.25, 0.3) is 11.0 Å². The number of para-hydroxylation sites is 1. The molecule has 0 aliphatic carbocycles. The summed E-state index contributed by atoms with van der Waals surface area (Å²) < 4.78 is 46.3. The van der Waals surface area contributed by atoms with Gasteiger partial charge in [0.25, 0.3) is 0 Å². The first-order chi connectivity index (χ1) is 11.0. The maximum absolute atomic E-state index is 13.7. The Bertz CT molecular complexity index is 901. The van der Waals surface area contributed by atoms with Crippen molar-refractivity contribution >= 4 is 21.0 Å². The SMILES string of the molecule is CC(Cc1cc2ccccc2o1)NS(=O)(=O)c1ccccc1F. The second-order valence-corrected chi connectivity index (χ2v) is 7.09. The number of nitrogens with one attached hydrogen (secondary N) is 1. The van der Waals surface area contributed by atoms with E-state index < -0.39 is 21.9 Å². The Morgan fingerprint density at radius 3 is 2.57 bits per heavy atom. The van der Waals surface area contributed by atoms with Gasteiger partial charge in [-0.15, -0.1) is 0 Å². The Kier molecular flexibility index (Phi) is 4.19. The van der Waals surface area contributed by atoms with Gasteiger partial charge in [0.2, 0.25) is 10.0 Å². The lowest BCUT2D eigenvalue weighted by molar-refractivity contribution is 0.501. The molecule has 0 spiro atoms. The monoisotopic (exact) mass is 333 g/mol. The third-order valence-electron chi connectivity index (χ3n) is 3.47. The van der Waals surface area contributed by atoms with E-state index in [0.29, 0.717) is 12.2 Å². The van der Waals surface area contributed by atoms with Crippen molar-refractivity contribution in [2.45, 2.75) is 24.3 Å². The second kappa shape index (κ2) is 6.14. The Morgan fingerprint density at radius 1 is 1.13 bits per heavy atom. The van der Waals surface area contributed by atoms with Gasteiger partial charge in [-0.1, -0.05) is 30.3 Å². The summed E-state index contributed by atoms with van der Waals surface area (Å²) in [5.41, 5.74) is 0.756. The number of rotatable bonds is 5. The van der Waals surface area contributed by atoms with Crippen LogP contribution in [0.1, 0.15) is 12.7 Å². The molecule has 3 rings (SSSR count). The van der Waals surface area contributed by atoms with Crippen molar-refractivity contribution < 1.29 is 17.2 Å². The fourth-order valence-electron chi connectivity index (χ4n) is 2.47. The summed E-state index contributed by atoms with van der Waals surface area (Å²) in [6.07, 6.45) is 0.377. The molecule has 0 saturated carbocycles. The van der Waals surface area contributed by atoms with Crippen molar-refractivity contribution in [3.63, 3.8) is 0 Å². The molecule has 0 amide bonds. The standard InChI is InChI=1S/C17H16FNO3S/c1-12(10-14-11-13-6-2-4-8-16(13)22-14)19-23(20,21)17-9-5-3-7-15(17)18/h2-9,11-12,19H,10H2,1H3. The molecule has 0 radical (unpaired) electrons. The van der Waals surface area contributed by atoms with E-state index in [4.69, 9.17) is 4.42 Å². The summed E-state index contributed by atoms with van der Waals surface area (Å²) in [5, 5.41) is 0.965. The lowest BCUT2D eigenvalue weighted by Crippen LogP contribution is -2.34. The quantitative estimate of drug-likeness (QED) is 0.777. The van der Waals surface area contributed by atoms with E-state index in [9.17, 15) is 12.8 Å². The number of furan rings is 1. The normalized spacial score (nSPS) is 13.3. The van der Waals surface area contributed by atoms with Crippen molar-refractivity contribution in [1.82, 2.24) is 4.72 Å². The maximum atomic E-state index is 13.7. The summed E-state index contributed by atoms with van der Waals surface area (Å²) in [4.78, 5) is -0.351. The minimum Gasteiger partial charge on any atom is -0.461 e. The van der Waals surface area contributed by atoms with Gasteiger partial charge >= 0.3 is 0 Å². The van der Waals surface area contributed by atoms with Gasteiger partial charge in [0.05, 0.1) is 0 Å². The van der Waals surface area contributed by atoms with Gasteiger partial charge in [0.15, 0.2) is 0 Å². The van der Waals surface area contributed by atoms with Gasteiger partial charge in [0, 0.05) is 17.8 Å². The van der Waals surface area contributed by atoms with Crippen LogP contribution in [0.3, 0.4) is 0 Å². The molecule has 1 heterocycles. The third kappa shape index (κ3) is 3.43. The second-order valence-electron chi connectivity index (χ2n) is 5.41. The zero-order valence-corrected chi connectivity index (χ0v) is 13.3. The van der Waals surface area contributed by atoms with Crippen LogP contribution in [-0.2, 0) is 16.4 Å². The molecule has 23 heavy (non-hydrogen) atoms. The van der Waals surface area contributed by atoms with Gasteiger partial charge in [-0.25, -0.2) is 17.5 Å². The van der Waals surface area contributed by atoms with Crippen LogP contribution in [0.4, 0.5) is 4.39 Å². The fraction of sp³-hybridized carbons (Fsp3) is 0.176. The smallest absolute Gasteiger partial charge is 0.243 e. The average Bonchev–Trinajstić information content (AvgIpc) is 2.88. The molecule has 0 aliphatic heterocycles. The van der Waals surface area contributed by atoms with Crippen LogP contribution in [0.5, 0.6) is 0 Å². The summed E-state index contributed by atoms with van der Waals surface area (Å²) >= 11 is 0. The molecule has 0 saturated heterocycles. The first-order valence-corrected chi connectivity index (χ1v) is 8.68. The van der Waals surface area contributed by atoms with Crippen LogP contribution < -0.4 is 4.72 Å². The van der Waals surface area contributed by atoms with Crippen molar-refractivity contribution in [2.75, 3.05) is 0 Å². The Balaban J connectivity index is 1.76. The number of benzene rings is 2. The number of sulfonamides is 1. The largest absolute Gasteiger partial charge is 0.461 e. The Hall–Kier alpha value is -2.18. The maximum Gasteiger partial charge on any atom is 0.243 e. The van der Waals surface area contributed by atoms with E-state index in [1.807, 2.05) is 30.3 Å². The van der Waals surface area contributed by atoms with Gasteiger partial charge in [-0.05, 0) is 31.2 Å². The molecule has 0 fully saturated rings. The molecular formula is C17H16FNO3S. The zero-order valence-electron chi connectivity index (χ0n) is 12.5. The molecule has 120 valence electrons. The molecule has 1 N–H and O–H groups in total. The number of halogens is 1. The molecule has 1 unspecified atom stereocenters. The minimum absolute atomic E-state index is 0.351. The highest BCUT2D eigenvalue weighted by Gasteiger charge is 2.21. The highest BCUT2D eigenvalue weighted by atomic mass is 32.2. The predicted molar refractivity (Wildman–Crippen MR) is 86.1 cm³/mol. The van der Waals surface area contributed by atoms with E-state index in [0.717, 1.165) is 17.0 Å². The van der Waals surface area contributed by atoms with E-state index in [-0.39, 0.29) is 4.90 Å². The predicted octanol–water partition coefficient (Wildman–Crippen LogP) is 3.48. The molecule has 2 aromatic carbocycles. The topological polar surface area (TPSA) is 59.3 Å². The number of hydrogen-bond acceptors (Lipinski definition) is 3. The molecule has 1 aromatic heterocycles. The van der Waals surface area contributed by atoms with E-state index in [1.54, 1.807) is 6.92 Å². The first kappa shape index (κ1) is 15.7. The van der Waals surface area contributed by atoms with Gasteiger partial charge in [0.1, 0.15) is 22.1 Å². The summed E-state index contributed by atoms with van der Waals surface area (Å²) in [5.74, 6) is -0.0918. The van der Waals surface area contributed by atoms with Crippen LogP contribution in [0, 0.1) is 5.82 Å². The Morgan fingerprint density at radius 2 is 1.83 bits per heavy atom. The number of fused-ring (bicyclic) bond motifs is 1. The molecule has 6 heteroatoms. The molecule has 1 atom stereocenters. The highest BCUT2D eigenvalue weighted by molar-refractivity contribution is 7.89. The molecule has 3 aromatic rings. The molecule has 0 bridgehead atoms. The lowest BCUT2D eigenvalue weighted by Gasteiger charge is -2.13. The van der Waals surface area contributed by atoms with Crippen molar-refractivity contribution in [3.05, 3.63) is 66.2 Å². The van der Waals surface area contributed by atoms with Gasteiger partial charge in [-0.3, -0.25) is 0 Å². The van der Waals surface area contributed by atoms with Gasteiger partial charge < -0.3 is 4.42 Å². The highest BCUT2D eigenvalue weighted by Crippen LogP contribution is 2.20. The molecular weight excluding hydrogens is 317 g/mol. The van der Waals surface area contributed by atoms with Crippen molar-refractivity contribution in [3.8, 4) is 0 Å². The van der Waals surface area contributed by atoms with Crippen LogP contribution in [0.15, 0.2) is 63.9 Å². The van der Waals surface area contributed by atoms with Crippen LogP contribution in [0.2, 0.25) is 0 Å². The summed E-state index contributed by atoms with van der Waals surface area (Å²) in [7, 11) is -3.91. The van der Waals surface area contributed by atoms with Crippen molar-refractivity contribution in [2.24, 2.45) is 0 Å². The van der Waals surface area contributed by atoms with E-state index in [1.165, 1.54) is 18.2 Å².